The molecular weight excluding hydrogens is 865 g/mol. The minimum absolute atomic E-state index is 0.562. The van der Waals surface area contributed by atoms with Gasteiger partial charge in [0.25, 0.3) is 0 Å². The summed E-state index contributed by atoms with van der Waals surface area (Å²) in [6, 6.07) is 77.6. The maximum absolute atomic E-state index is 2.40. The molecule has 0 aliphatic heterocycles. The Morgan fingerprint density at radius 3 is 0.845 bits per heavy atom. The Bertz CT molecular complexity index is 3300. The summed E-state index contributed by atoms with van der Waals surface area (Å²) in [6.07, 6.45) is 0. The highest BCUT2D eigenvalue weighted by atomic mass is 15.2. The van der Waals surface area contributed by atoms with Gasteiger partial charge in [-0.2, -0.15) is 0 Å². The van der Waals surface area contributed by atoms with Crippen molar-refractivity contribution < 1.29 is 0 Å². The fraction of sp³-hybridized carbons (Fsp3) is 0.138. The molecule has 2 aliphatic rings. The zero-order valence-electron chi connectivity index (χ0n) is 41.8. The molecule has 0 saturated carbocycles. The fourth-order valence-electron chi connectivity index (χ4n) is 11.6. The van der Waals surface area contributed by atoms with Crippen LogP contribution in [0.5, 0.6) is 0 Å². The van der Waals surface area contributed by atoms with Crippen molar-refractivity contribution in [1.29, 1.82) is 0 Å². The van der Waals surface area contributed by atoms with Gasteiger partial charge in [0.2, 0.25) is 0 Å². The van der Waals surface area contributed by atoms with E-state index < -0.39 is 5.41 Å². The van der Waals surface area contributed by atoms with Gasteiger partial charge < -0.3 is 29.4 Å². The van der Waals surface area contributed by atoms with Gasteiger partial charge in [0.1, 0.15) is 0 Å². The Morgan fingerprint density at radius 2 is 0.535 bits per heavy atom. The lowest BCUT2D eigenvalue weighted by Gasteiger charge is -2.33. The summed E-state index contributed by atoms with van der Waals surface area (Å²) in [4.78, 5) is 13.4. The normalized spacial score (nSPS) is 12.6. The molecular formula is C65H58N6. The molecule has 10 aromatic rings. The highest BCUT2D eigenvalue weighted by molar-refractivity contribution is 6.10. The summed E-state index contributed by atoms with van der Waals surface area (Å²) in [5, 5.41) is 4.94. The predicted molar refractivity (Wildman–Crippen MR) is 304 cm³/mol. The molecule has 0 amide bonds. The molecule has 0 unspecified atom stereocenters. The van der Waals surface area contributed by atoms with Crippen LogP contribution in [0.15, 0.2) is 206 Å². The predicted octanol–water partition coefficient (Wildman–Crippen LogP) is 15.5. The Hall–Kier alpha value is -8.48. The second kappa shape index (κ2) is 16.9. The van der Waals surface area contributed by atoms with Gasteiger partial charge in [0, 0.05) is 113 Å². The van der Waals surface area contributed by atoms with Crippen molar-refractivity contribution in [3.05, 3.63) is 229 Å². The lowest BCUT2D eigenvalue weighted by atomic mass is 9.68. The quantitative estimate of drug-likeness (QED) is 0.135. The van der Waals surface area contributed by atoms with Crippen molar-refractivity contribution >= 4 is 78.4 Å². The van der Waals surface area contributed by atoms with Crippen molar-refractivity contribution in [1.82, 2.24) is 0 Å². The monoisotopic (exact) mass is 922 g/mol. The summed E-state index contributed by atoms with van der Waals surface area (Å²) in [6.45, 7) is 0. The highest BCUT2D eigenvalue weighted by Gasteiger charge is 2.53. The summed E-state index contributed by atoms with van der Waals surface area (Å²) in [5.74, 6) is 0. The molecule has 12 rings (SSSR count). The van der Waals surface area contributed by atoms with Crippen LogP contribution in [0.4, 0.5) is 56.9 Å². The van der Waals surface area contributed by atoms with E-state index >= 15 is 0 Å². The first kappa shape index (κ1) is 43.8. The van der Waals surface area contributed by atoms with Gasteiger partial charge in [-0.15, -0.1) is 0 Å². The van der Waals surface area contributed by atoms with Crippen LogP contribution in [-0.2, 0) is 5.41 Å². The van der Waals surface area contributed by atoms with Crippen molar-refractivity contribution in [2.24, 2.45) is 0 Å². The molecule has 348 valence electrons. The summed E-state index contributed by atoms with van der Waals surface area (Å²) in [7, 11) is 16.7. The van der Waals surface area contributed by atoms with Crippen LogP contribution in [0.3, 0.4) is 0 Å². The molecule has 10 aromatic carbocycles. The second-order valence-electron chi connectivity index (χ2n) is 19.9. The minimum Gasteiger partial charge on any atom is -0.378 e. The van der Waals surface area contributed by atoms with Crippen LogP contribution in [0, 0.1) is 0 Å². The summed E-state index contributed by atoms with van der Waals surface area (Å²) < 4.78 is 0. The maximum atomic E-state index is 2.40. The first-order chi connectivity index (χ1) is 34.5. The standard InChI is InChI=1S/C65H58N6/c1-66(2)45-19-27-49(28-20-45)70(50-29-21-46(22-30-50)67(3)4)53-35-39-55-43(41-53)17-37-59-60-38-18-44-42-54(71(51-31-23-47(24-32-51)68(5)6)52-33-25-48(26-34-52)69(7)8)36-40-56(44)64(60)65(63(55)59)61-15-11-9-13-57(61)58-14-10-12-16-62(58)65/h9-42H,1-8H3. The molecule has 2 aliphatic carbocycles. The third-order valence-electron chi connectivity index (χ3n) is 15.0. The van der Waals surface area contributed by atoms with Crippen LogP contribution in [0.25, 0.3) is 43.8 Å². The molecule has 6 heteroatoms. The fourth-order valence-corrected chi connectivity index (χ4v) is 11.6. The summed E-state index contributed by atoms with van der Waals surface area (Å²) in [5.41, 5.74) is 21.3. The van der Waals surface area contributed by atoms with E-state index in [0.717, 1.165) is 34.1 Å². The van der Waals surface area contributed by atoms with Crippen molar-refractivity contribution in [2.45, 2.75) is 5.41 Å². The average molecular weight is 923 g/mol. The van der Waals surface area contributed by atoms with Crippen LogP contribution in [0.2, 0.25) is 0 Å². The second-order valence-corrected chi connectivity index (χ2v) is 19.9. The van der Waals surface area contributed by atoms with Crippen LogP contribution < -0.4 is 29.4 Å². The lowest BCUT2D eigenvalue weighted by molar-refractivity contribution is 0.809. The topological polar surface area (TPSA) is 19.4 Å². The summed E-state index contributed by atoms with van der Waals surface area (Å²) >= 11 is 0. The van der Waals surface area contributed by atoms with E-state index in [1.165, 1.54) is 88.8 Å². The first-order valence-corrected chi connectivity index (χ1v) is 24.6. The van der Waals surface area contributed by atoms with Gasteiger partial charge >= 0.3 is 0 Å². The first-order valence-electron chi connectivity index (χ1n) is 24.6. The smallest absolute Gasteiger partial charge is 0.0737 e. The molecule has 0 bridgehead atoms. The van der Waals surface area contributed by atoms with Gasteiger partial charge in [-0.3, -0.25) is 0 Å². The van der Waals surface area contributed by atoms with E-state index in [9.17, 15) is 0 Å². The number of fused-ring (bicyclic) bond motifs is 14. The Kier molecular flexibility index (Phi) is 10.4. The molecule has 0 fully saturated rings. The van der Waals surface area contributed by atoms with Crippen LogP contribution in [-0.4, -0.2) is 56.4 Å². The SMILES string of the molecule is CN(C)c1ccc(N(c2ccc(N(C)C)cc2)c2ccc3c4c(ccc3c2)-c2ccc3cc(N(c5ccc(N(C)C)cc5)c5ccc(N(C)C)cc5)ccc3c2C42c3ccccc3-c3ccccc32)cc1. The average Bonchev–Trinajstić information content (AvgIpc) is 3.87. The van der Waals surface area contributed by atoms with E-state index in [1.807, 2.05) is 0 Å². The largest absolute Gasteiger partial charge is 0.378 e. The molecule has 0 N–H and O–H groups in total. The number of hydrogen-bond acceptors (Lipinski definition) is 6. The van der Waals surface area contributed by atoms with E-state index in [-0.39, 0.29) is 0 Å². The van der Waals surface area contributed by atoms with Crippen LogP contribution in [0.1, 0.15) is 22.3 Å². The third-order valence-corrected chi connectivity index (χ3v) is 15.0. The number of nitrogens with zero attached hydrogens (tertiary/aromatic N) is 6. The number of rotatable bonds is 10. The number of anilines is 10. The third kappa shape index (κ3) is 6.92. The zero-order chi connectivity index (χ0) is 48.7. The molecule has 0 saturated heterocycles. The van der Waals surface area contributed by atoms with Crippen molar-refractivity contribution in [3.8, 4) is 22.3 Å². The molecule has 0 heterocycles. The van der Waals surface area contributed by atoms with Gasteiger partial charge in [0.15, 0.2) is 0 Å². The zero-order valence-corrected chi connectivity index (χ0v) is 41.8. The number of hydrogen-bond donors (Lipinski definition) is 0. The minimum atomic E-state index is -0.562. The van der Waals surface area contributed by atoms with Gasteiger partial charge in [-0.25, -0.2) is 0 Å². The highest BCUT2D eigenvalue weighted by Crippen LogP contribution is 2.65. The number of benzene rings is 10. The molecule has 71 heavy (non-hydrogen) atoms. The Morgan fingerprint density at radius 1 is 0.254 bits per heavy atom. The lowest BCUT2D eigenvalue weighted by Crippen LogP contribution is -2.26. The van der Waals surface area contributed by atoms with E-state index in [1.54, 1.807) is 0 Å². The Labute approximate surface area is 418 Å². The molecule has 0 atom stereocenters. The molecule has 0 aromatic heterocycles. The van der Waals surface area contributed by atoms with E-state index in [2.05, 4.69) is 292 Å². The van der Waals surface area contributed by atoms with Gasteiger partial charge in [0.05, 0.1) is 5.41 Å². The van der Waals surface area contributed by atoms with E-state index in [4.69, 9.17) is 0 Å². The van der Waals surface area contributed by atoms with Crippen molar-refractivity contribution in [2.75, 3.05) is 85.8 Å². The molecule has 6 nitrogen and oxygen atoms in total. The van der Waals surface area contributed by atoms with Gasteiger partial charge in [-0.05, 0) is 187 Å². The van der Waals surface area contributed by atoms with Crippen LogP contribution >= 0.6 is 0 Å². The van der Waals surface area contributed by atoms with Gasteiger partial charge in [-0.1, -0.05) is 84.9 Å². The molecule has 0 radical (unpaired) electrons. The maximum Gasteiger partial charge on any atom is 0.0737 e. The van der Waals surface area contributed by atoms with E-state index in [0.29, 0.717) is 0 Å². The molecule has 1 spiro atoms. The Balaban J connectivity index is 1.07. The van der Waals surface area contributed by atoms with Crippen molar-refractivity contribution in [3.63, 3.8) is 0 Å².